The van der Waals surface area contributed by atoms with Crippen molar-refractivity contribution in [3.8, 4) is 11.5 Å². The zero-order valence-corrected chi connectivity index (χ0v) is 11.7. The Hall–Kier alpha value is -1.45. The van der Waals surface area contributed by atoms with Crippen molar-refractivity contribution in [1.82, 2.24) is 0 Å². The van der Waals surface area contributed by atoms with E-state index in [1.54, 1.807) is 13.2 Å². The van der Waals surface area contributed by atoms with Crippen molar-refractivity contribution in [1.29, 1.82) is 0 Å². The molecule has 0 N–H and O–H groups in total. The molecule has 1 saturated heterocycles. The quantitative estimate of drug-likeness (QED) is 0.614. The van der Waals surface area contributed by atoms with Crippen LogP contribution in [0.2, 0.25) is 0 Å². The lowest BCUT2D eigenvalue weighted by Crippen LogP contribution is -2.24. The van der Waals surface area contributed by atoms with Crippen LogP contribution in [0.25, 0.3) is 0 Å². The van der Waals surface area contributed by atoms with E-state index in [1.165, 1.54) is 12.2 Å². The van der Waals surface area contributed by atoms with Crippen molar-refractivity contribution in [3.05, 3.63) is 23.8 Å². The van der Waals surface area contributed by atoms with Crippen LogP contribution in [-0.2, 0) is 11.3 Å². The summed E-state index contributed by atoms with van der Waals surface area (Å²) in [7, 11) is 1.62. The summed E-state index contributed by atoms with van der Waals surface area (Å²) < 4.78 is 11.4. The predicted octanol–water partition coefficient (Wildman–Crippen LogP) is 2.81. The lowest BCUT2D eigenvalue weighted by atomic mass is 10.1. The average molecular weight is 279 g/mol. The largest absolute Gasteiger partial charge is 0.493 e. The van der Waals surface area contributed by atoms with Gasteiger partial charge in [0.1, 0.15) is 6.10 Å². The van der Waals surface area contributed by atoms with Gasteiger partial charge in [0.25, 0.3) is 0 Å². The summed E-state index contributed by atoms with van der Waals surface area (Å²) in [5.74, 6) is 3.59. The van der Waals surface area contributed by atoms with Crippen molar-refractivity contribution < 1.29 is 14.3 Å². The Morgan fingerprint density at radius 2 is 2.42 bits per heavy atom. The maximum atomic E-state index is 10.3. The van der Waals surface area contributed by atoms with Crippen LogP contribution in [0, 0.1) is 0 Å². The van der Waals surface area contributed by atoms with E-state index in [0.29, 0.717) is 11.5 Å². The average Bonchev–Trinajstić information content (AvgIpc) is 2.47. The van der Waals surface area contributed by atoms with Gasteiger partial charge in [-0.25, -0.2) is 9.79 Å². The van der Waals surface area contributed by atoms with Crippen molar-refractivity contribution in [2.24, 2.45) is 4.99 Å². The van der Waals surface area contributed by atoms with Crippen molar-refractivity contribution in [2.75, 3.05) is 18.6 Å². The van der Waals surface area contributed by atoms with Gasteiger partial charge < -0.3 is 9.47 Å². The Morgan fingerprint density at radius 3 is 3.11 bits per heavy atom. The van der Waals surface area contributed by atoms with E-state index in [4.69, 9.17) is 9.47 Å². The summed E-state index contributed by atoms with van der Waals surface area (Å²) in [5.41, 5.74) is 0.860. The van der Waals surface area contributed by atoms with Gasteiger partial charge in [0.15, 0.2) is 11.5 Å². The first-order chi connectivity index (χ1) is 9.35. The number of hydrogen-bond donors (Lipinski definition) is 0. The highest BCUT2D eigenvalue weighted by Crippen LogP contribution is 2.34. The Labute approximate surface area is 117 Å². The molecule has 19 heavy (non-hydrogen) atoms. The molecule has 0 aliphatic carbocycles. The minimum Gasteiger partial charge on any atom is -0.493 e. The van der Waals surface area contributed by atoms with Gasteiger partial charge in [-0.05, 0) is 24.7 Å². The standard InChI is InChI=1S/C14H17NO3S/c1-17-13-6-2-4-11(8-15-10-16)14(13)18-12-5-3-7-19-9-12/h2,4,6,12H,3,5,7-9H2,1H3. The number of para-hydroxylation sites is 1. The number of methoxy groups -OCH3 is 1. The molecule has 1 unspecified atom stereocenters. The molecule has 1 aliphatic rings. The van der Waals surface area contributed by atoms with Gasteiger partial charge in [-0.1, -0.05) is 12.1 Å². The van der Waals surface area contributed by atoms with Crippen molar-refractivity contribution >= 4 is 17.8 Å². The maximum Gasteiger partial charge on any atom is 0.235 e. The first kappa shape index (κ1) is 14.0. The first-order valence-corrected chi connectivity index (χ1v) is 7.44. The van der Waals surface area contributed by atoms with E-state index in [-0.39, 0.29) is 12.6 Å². The van der Waals surface area contributed by atoms with E-state index in [1.807, 2.05) is 30.0 Å². The fourth-order valence-electron chi connectivity index (χ4n) is 2.07. The summed E-state index contributed by atoms with van der Waals surface area (Å²) in [6.07, 6.45) is 3.99. The molecule has 0 saturated carbocycles. The van der Waals surface area contributed by atoms with Gasteiger partial charge in [0, 0.05) is 11.3 Å². The Morgan fingerprint density at radius 1 is 1.53 bits per heavy atom. The van der Waals surface area contributed by atoms with Crippen LogP contribution in [0.5, 0.6) is 11.5 Å². The van der Waals surface area contributed by atoms with Gasteiger partial charge in [0.05, 0.1) is 13.7 Å². The minimum absolute atomic E-state index is 0.203. The third-order valence-corrected chi connectivity index (χ3v) is 4.18. The fraction of sp³-hybridized carbons (Fsp3) is 0.500. The van der Waals surface area contributed by atoms with Gasteiger partial charge in [-0.2, -0.15) is 11.8 Å². The number of benzene rings is 1. The number of ether oxygens (including phenoxy) is 2. The molecule has 1 heterocycles. The van der Waals surface area contributed by atoms with E-state index >= 15 is 0 Å². The number of isocyanates is 1. The van der Waals surface area contributed by atoms with Crippen LogP contribution in [0.4, 0.5) is 0 Å². The lowest BCUT2D eigenvalue weighted by Gasteiger charge is -2.24. The second-order valence-corrected chi connectivity index (χ2v) is 5.46. The summed E-state index contributed by atoms with van der Waals surface area (Å²) in [5, 5.41) is 0. The van der Waals surface area contributed by atoms with Crippen LogP contribution in [0.15, 0.2) is 23.2 Å². The molecule has 0 bridgehead atoms. The van der Waals surface area contributed by atoms with E-state index in [2.05, 4.69) is 4.99 Å². The maximum absolute atomic E-state index is 10.3. The van der Waals surface area contributed by atoms with E-state index in [9.17, 15) is 4.79 Å². The molecule has 102 valence electrons. The summed E-state index contributed by atoms with van der Waals surface area (Å²) in [6, 6.07) is 5.63. The molecule has 1 aliphatic heterocycles. The second-order valence-electron chi connectivity index (χ2n) is 4.31. The zero-order valence-electron chi connectivity index (χ0n) is 10.9. The number of rotatable bonds is 5. The Bertz CT molecular complexity index is 466. The fourth-order valence-corrected chi connectivity index (χ4v) is 3.10. The molecule has 5 heteroatoms. The number of carbonyl (C=O) groups excluding carboxylic acids is 1. The zero-order chi connectivity index (χ0) is 13.5. The Kier molecular flexibility index (Phi) is 5.31. The third-order valence-electron chi connectivity index (χ3n) is 3.00. The molecule has 1 aromatic rings. The van der Waals surface area contributed by atoms with Crippen LogP contribution < -0.4 is 9.47 Å². The highest BCUT2D eigenvalue weighted by Gasteiger charge is 2.19. The highest BCUT2D eigenvalue weighted by molar-refractivity contribution is 7.99. The molecule has 0 radical (unpaired) electrons. The van der Waals surface area contributed by atoms with Crippen LogP contribution in [0.3, 0.4) is 0 Å². The summed E-state index contributed by atoms with van der Waals surface area (Å²) in [4.78, 5) is 13.9. The van der Waals surface area contributed by atoms with E-state index < -0.39 is 0 Å². The smallest absolute Gasteiger partial charge is 0.235 e. The van der Waals surface area contributed by atoms with Crippen molar-refractivity contribution in [3.63, 3.8) is 0 Å². The van der Waals surface area contributed by atoms with Gasteiger partial charge in [-0.15, -0.1) is 0 Å². The number of aliphatic imine (C=N–C) groups is 1. The number of nitrogens with zero attached hydrogens (tertiary/aromatic N) is 1. The van der Waals surface area contributed by atoms with Gasteiger partial charge in [-0.3, -0.25) is 0 Å². The van der Waals surface area contributed by atoms with Crippen molar-refractivity contribution in [2.45, 2.75) is 25.5 Å². The number of thioether (sulfide) groups is 1. The van der Waals surface area contributed by atoms with Gasteiger partial charge >= 0.3 is 0 Å². The molecule has 0 aromatic heterocycles. The molecule has 0 spiro atoms. The molecule has 1 fully saturated rings. The molecule has 0 amide bonds. The molecule has 2 rings (SSSR count). The molecular formula is C14H17NO3S. The third kappa shape index (κ3) is 3.75. The molecule has 4 nitrogen and oxygen atoms in total. The first-order valence-electron chi connectivity index (χ1n) is 6.29. The van der Waals surface area contributed by atoms with Gasteiger partial charge in [0.2, 0.25) is 6.08 Å². The summed E-state index contributed by atoms with van der Waals surface area (Å²) in [6.45, 7) is 0.274. The van der Waals surface area contributed by atoms with Crippen LogP contribution in [-0.4, -0.2) is 30.8 Å². The topological polar surface area (TPSA) is 47.9 Å². The van der Waals surface area contributed by atoms with E-state index in [0.717, 1.165) is 17.7 Å². The summed E-state index contributed by atoms with van der Waals surface area (Å²) >= 11 is 1.91. The van der Waals surface area contributed by atoms with Crippen LogP contribution >= 0.6 is 11.8 Å². The molecule has 1 atom stereocenters. The number of hydrogen-bond acceptors (Lipinski definition) is 5. The van der Waals surface area contributed by atoms with Crippen LogP contribution in [0.1, 0.15) is 18.4 Å². The highest BCUT2D eigenvalue weighted by atomic mass is 32.2. The SMILES string of the molecule is COc1cccc(CN=C=O)c1OC1CCCSC1. The predicted molar refractivity (Wildman–Crippen MR) is 75.8 cm³/mol. The minimum atomic E-state index is 0.203. The lowest BCUT2D eigenvalue weighted by molar-refractivity contribution is 0.200. The molecule has 1 aromatic carbocycles. The second kappa shape index (κ2) is 7.22. The Balaban J connectivity index is 2.20. The normalized spacial score (nSPS) is 18.5. The molecular weight excluding hydrogens is 262 g/mol. The monoisotopic (exact) mass is 279 g/mol.